The zero-order valence-electron chi connectivity index (χ0n) is 18.3. The maximum Gasteiger partial charge on any atom is 0.257 e. The summed E-state index contributed by atoms with van der Waals surface area (Å²) in [5.41, 5.74) is 1.34. The Balaban J connectivity index is 1.43. The molecular weight excluding hydrogens is 495 g/mol. The molecule has 0 spiro atoms. The average Bonchev–Trinajstić information content (AvgIpc) is 3.26. The van der Waals surface area contributed by atoms with Crippen LogP contribution in [-0.2, 0) is 24.9 Å². The van der Waals surface area contributed by atoms with Crippen molar-refractivity contribution in [1.82, 2.24) is 9.88 Å². The Morgan fingerprint density at radius 1 is 1.12 bits per heavy atom. The van der Waals surface area contributed by atoms with Crippen molar-refractivity contribution >= 4 is 50.7 Å². The molecule has 4 aromatic rings. The van der Waals surface area contributed by atoms with Gasteiger partial charge in [-0.05, 0) is 41.5 Å². The van der Waals surface area contributed by atoms with Crippen LogP contribution in [0.4, 0.5) is 0 Å². The SMILES string of the molecule is Cn1cc(C(=O)NCc2ccc(Cl)cc2)c(=O)c2cc(COC[C@@H](O)c3ccc(Cl)cc3)sc21. The number of carbonyl (C=O) groups excluding carboxylic acids is 1. The van der Waals surface area contributed by atoms with Crippen LogP contribution in [-0.4, -0.2) is 22.2 Å². The molecule has 0 aliphatic rings. The van der Waals surface area contributed by atoms with Crippen LogP contribution in [0.3, 0.4) is 0 Å². The average molecular weight is 517 g/mol. The summed E-state index contributed by atoms with van der Waals surface area (Å²) in [6.07, 6.45) is 0.765. The smallest absolute Gasteiger partial charge is 0.257 e. The lowest BCUT2D eigenvalue weighted by Crippen LogP contribution is -2.29. The third-order valence-electron chi connectivity index (χ3n) is 5.28. The number of nitrogens with zero attached hydrogens (tertiary/aromatic N) is 1. The van der Waals surface area contributed by atoms with E-state index in [-0.39, 0.29) is 30.8 Å². The number of hydrogen-bond acceptors (Lipinski definition) is 5. The summed E-state index contributed by atoms with van der Waals surface area (Å²) < 4.78 is 7.45. The van der Waals surface area contributed by atoms with Gasteiger partial charge in [-0.25, -0.2) is 0 Å². The van der Waals surface area contributed by atoms with Gasteiger partial charge in [-0.1, -0.05) is 47.5 Å². The van der Waals surface area contributed by atoms with Gasteiger partial charge in [0.2, 0.25) is 5.43 Å². The zero-order chi connectivity index (χ0) is 24.2. The van der Waals surface area contributed by atoms with Crippen LogP contribution in [0.1, 0.15) is 32.5 Å². The van der Waals surface area contributed by atoms with Crippen molar-refractivity contribution in [2.24, 2.45) is 7.05 Å². The van der Waals surface area contributed by atoms with Gasteiger partial charge in [0.15, 0.2) is 0 Å². The summed E-state index contributed by atoms with van der Waals surface area (Å²) in [5, 5.41) is 14.8. The van der Waals surface area contributed by atoms with Gasteiger partial charge in [0.05, 0.1) is 18.6 Å². The Kier molecular flexibility index (Phi) is 7.70. The van der Waals surface area contributed by atoms with E-state index in [1.54, 1.807) is 60.3 Å². The number of pyridine rings is 1. The van der Waals surface area contributed by atoms with Gasteiger partial charge in [-0.2, -0.15) is 0 Å². The highest BCUT2D eigenvalue weighted by molar-refractivity contribution is 7.18. The number of halogens is 2. The second-order valence-corrected chi connectivity index (χ2v) is 9.79. The van der Waals surface area contributed by atoms with Crippen molar-refractivity contribution < 1.29 is 14.6 Å². The topological polar surface area (TPSA) is 80.6 Å². The van der Waals surface area contributed by atoms with Gasteiger partial charge >= 0.3 is 0 Å². The lowest BCUT2D eigenvalue weighted by Gasteiger charge is -2.11. The molecule has 34 heavy (non-hydrogen) atoms. The second-order valence-electron chi connectivity index (χ2n) is 7.81. The number of rotatable bonds is 8. The number of benzene rings is 2. The number of fused-ring (bicyclic) bond motifs is 1. The molecule has 4 rings (SSSR count). The normalized spacial score (nSPS) is 12.1. The van der Waals surface area contributed by atoms with Gasteiger partial charge in [-0.3, -0.25) is 9.59 Å². The van der Waals surface area contributed by atoms with Gasteiger partial charge in [0.25, 0.3) is 5.91 Å². The molecule has 1 amide bonds. The van der Waals surface area contributed by atoms with E-state index >= 15 is 0 Å². The van der Waals surface area contributed by atoms with Crippen LogP contribution in [0.15, 0.2) is 65.6 Å². The molecule has 0 bridgehead atoms. The molecule has 6 nitrogen and oxygen atoms in total. The first-order valence-corrected chi connectivity index (χ1v) is 12.0. The van der Waals surface area contributed by atoms with Crippen molar-refractivity contribution in [1.29, 1.82) is 0 Å². The molecule has 176 valence electrons. The van der Waals surface area contributed by atoms with E-state index in [0.717, 1.165) is 15.3 Å². The van der Waals surface area contributed by atoms with Crippen molar-refractivity contribution in [2.45, 2.75) is 19.3 Å². The quantitative estimate of drug-likeness (QED) is 0.342. The molecule has 2 aromatic heterocycles. The number of amides is 1. The third-order valence-corrected chi connectivity index (χ3v) is 6.98. The summed E-state index contributed by atoms with van der Waals surface area (Å²) in [7, 11) is 1.79. The first-order valence-electron chi connectivity index (χ1n) is 10.5. The van der Waals surface area contributed by atoms with Gasteiger partial charge < -0.3 is 19.7 Å². The predicted molar refractivity (Wildman–Crippen MR) is 136 cm³/mol. The molecule has 0 radical (unpaired) electrons. The van der Waals surface area contributed by atoms with Gasteiger partial charge in [0, 0.05) is 34.7 Å². The minimum absolute atomic E-state index is 0.0763. The molecule has 1 atom stereocenters. The molecule has 9 heteroatoms. The number of aromatic nitrogens is 1. The van der Waals surface area contributed by atoms with E-state index in [9.17, 15) is 14.7 Å². The molecule has 0 unspecified atom stereocenters. The minimum Gasteiger partial charge on any atom is -0.386 e. The molecule has 0 aliphatic carbocycles. The Morgan fingerprint density at radius 3 is 2.44 bits per heavy atom. The molecule has 0 fully saturated rings. The second kappa shape index (κ2) is 10.7. The fraction of sp³-hybridized carbons (Fsp3) is 0.200. The van der Waals surface area contributed by atoms with Crippen LogP contribution in [0.2, 0.25) is 10.0 Å². The lowest BCUT2D eigenvalue weighted by molar-refractivity contribution is 0.0287. The molecular formula is C25H22Cl2N2O4S. The van der Waals surface area contributed by atoms with Crippen LogP contribution < -0.4 is 10.7 Å². The van der Waals surface area contributed by atoms with Crippen molar-refractivity contribution in [3.63, 3.8) is 0 Å². The Bertz CT molecular complexity index is 1360. The number of aliphatic hydroxyl groups excluding tert-OH is 1. The number of aliphatic hydroxyl groups is 1. The first-order chi connectivity index (χ1) is 16.3. The molecule has 0 saturated heterocycles. The van der Waals surface area contributed by atoms with E-state index in [1.807, 2.05) is 12.1 Å². The third kappa shape index (κ3) is 5.68. The number of carbonyl (C=O) groups is 1. The fourth-order valence-corrected chi connectivity index (χ4v) is 4.75. The highest BCUT2D eigenvalue weighted by Crippen LogP contribution is 2.25. The number of hydrogen-bond donors (Lipinski definition) is 2. The molecule has 0 saturated carbocycles. The fourth-order valence-electron chi connectivity index (χ4n) is 3.48. The van der Waals surface area contributed by atoms with E-state index in [2.05, 4.69) is 5.32 Å². The largest absolute Gasteiger partial charge is 0.386 e. The summed E-state index contributed by atoms with van der Waals surface area (Å²) in [4.78, 5) is 27.3. The highest BCUT2D eigenvalue weighted by atomic mass is 35.5. The molecule has 0 aliphatic heterocycles. The van der Waals surface area contributed by atoms with E-state index in [4.69, 9.17) is 27.9 Å². The maximum absolute atomic E-state index is 13.0. The summed E-state index contributed by atoms with van der Waals surface area (Å²) in [6, 6.07) is 15.8. The molecule has 2 aromatic carbocycles. The highest BCUT2D eigenvalue weighted by Gasteiger charge is 2.17. The molecule has 2 heterocycles. The summed E-state index contributed by atoms with van der Waals surface area (Å²) in [5.74, 6) is -0.437. The van der Waals surface area contributed by atoms with E-state index < -0.39 is 12.0 Å². The summed E-state index contributed by atoms with van der Waals surface area (Å²) >= 11 is 13.2. The Labute approximate surface area is 210 Å². The Morgan fingerprint density at radius 2 is 1.76 bits per heavy atom. The van der Waals surface area contributed by atoms with Crippen molar-refractivity contribution in [3.05, 3.63) is 103 Å². The zero-order valence-corrected chi connectivity index (χ0v) is 20.6. The van der Waals surface area contributed by atoms with Crippen molar-refractivity contribution in [3.8, 4) is 0 Å². The van der Waals surface area contributed by atoms with Crippen LogP contribution >= 0.6 is 34.5 Å². The Hall–Kier alpha value is -2.68. The van der Waals surface area contributed by atoms with Gasteiger partial charge in [-0.15, -0.1) is 11.3 Å². The van der Waals surface area contributed by atoms with E-state index in [0.29, 0.717) is 21.0 Å². The van der Waals surface area contributed by atoms with E-state index in [1.165, 1.54) is 11.3 Å². The van der Waals surface area contributed by atoms with Crippen LogP contribution in [0.25, 0.3) is 10.2 Å². The number of nitrogens with one attached hydrogen (secondary N) is 1. The summed E-state index contributed by atoms with van der Waals surface area (Å²) in [6.45, 7) is 0.627. The standard InChI is InChI=1S/C25H22Cl2N2O4S/c1-29-12-21(24(32)28-11-15-2-6-17(26)7-3-15)23(31)20-10-19(34-25(20)29)13-33-14-22(30)16-4-8-18(27)9-5-16/h2-10,12,22,30H,11,13-14H2,1H3,(H,28,32)/t22-/m1/s1. The van der Waals surface area contributed by atoms with Crippen molar-refractivity contribution in [2.75, 3.05) is 6.61 Å². The lowest BCUT2D eigenvalue weighted by atomic mass is 10.1. The molecule has 2 N–H and O–H groups in total. The predicted octanol–water partition coefficient (Wildman–Crippen LogP) is 5.09. The number of ether oxygens (including phenoxy) is 1. The minimum atomic E-state index is -0.784. The number of aryl methyl sites for hydroxylation is 1. The van der Waals surface area contributed by atoms with Gasteiger partial charge in [0.1, 0.15) is 16.5 Å². The van der Waals surface area contributed by atoms with Crippen LogP contribution in [0, 0.1) is 0 Å². The number of thiophene rings is 1. The van der Waals surface area contributed by atoms with Crippen LogP contribution in [0.5, 0.6) is 0 Å². The maximum atomic E-state index is 13.0. The monoisotopic (exact) mass is 516 g/mol. The first kappa shape index (κ1) is 24.4.